The molecular formula is C14H18N2O4. The number of benzene rings is 1. The minimum absolute atomic E-state index is 0.106. The Morgan fingerprint density at radius 1 is 1.40 bits per heavy atom. The fourth-order valence-corrected chi connectivity index (χ4v) is 2.47. The molecule has 1 aromatic carbocycles. The van der Waals surface area contributed by atoms with Crippen LogP contribution in [0.3, 0.4) is 0 Å². The van der Waals surface area contributed by atoms with Gasteiger partial charge >= 0.3 is 5.97 Å². The molecule has 2 atom stereocenters. The van der Waals surface area contributed by atoms with Gasteiger partial charge in [0, 0.05) is 17.8 Å². The Morgan fingerprint density at radius 2 is 2.15 bits per heavy atom. The van der Waals surface area contributed by atoms with Gasteiger partial charge in [-0.2, -0.15) is 0 Å². The zero-order valence-corrected chi connectivity index (χ0v) is 11.3. The van der Waals surface area contributed by atoms with Crippen LogP contribution in [0.2, 0.25) is 0 Å². The molecule has 1 aromatic rings. The van der Waals surface area contributed by atoms with Crippen LogP contribution in [0.25, 0.3) is 0 Å². The molecule has 0 bridgehead atoms. The second-order valence-corrected chi connectivity index (χ2v) is 4.97. The molecule has 1 aliphatic rings. The molecule has 108 valence electrons. The van der Waals surface area contributed by atoms with Crippen molar-refractivity contribution in [3.05, 3.63) is 23.8 Å². The van der Waals surface area contributed by atoms with Crippen LogP contribution in [0.1, 0.15) is 29.6 Å². The van der Waals surface area contributed by atoms with E-state index >= 15 is 0 Å². The minimum Gasteiger partial charge on any atom is -0.497 e. The van der Waals surface area contributed by atoms with Gasteiger partial charge in [-0.05, 0) is 31.4 Å². The predicted molar refractivity (Wildman–Crippen MR) is 73.6 cm³/mol. The highest BCUT2D eigenvalue weighted by Gasteiger charge is 2.30. The maximum absolute atomic E-state index is 12.1. The van der Waals surface area contributed by atoms with Crippen molar-refractivity contribution in [1.82, 2.24) is 5.32 Å². The number of nitrogens with one attached hydrogen (secondary N) is 1. The lowest BCUT2D eigenvalue weighted by molar-refractivity contribution is -0.141. The van der Waals surface area contributed by atoms with Gasteiger partial charge in [-0.1, -0.05) is 0 Å². The van der Waals surface area contributed by atoms with Crippen LogP contribution in [0.15, 0.2) is 18.2 Å². The Morgan fingerprint density at radius 3 is 2.70 bits per heavy atom. The number of carbonyl (C=O) groups is 2. The SMILES string of the molecule is COc1ccc(C(=O)NC2CCC(C(=O)O)C2)c(N)c1. The summed E-state index contributed by atoms with van der Waals surface area (Å²) in [6, 6.07) is 4.75. The summed E-state index contributed by atoms with van der Waals surface area (Å²) in [5, 5.41) is 11.8. The zero-order valence-electron chi connectivity index (χ0n) is 11.3. The molecule has 0 aromatic heterocycles. The molecule has 2 unspecified atom stereocenters. The van der Waals surface area contributed by atoms with Crippen LogP contribution in [-0.2, 0) is 4.79 Å². The van der Waals surface area contributed by atoms with Gasteiger partial charge in [-0.25, -0.2) is 0 Å². The maximum Gasteiger partial charge on any atom is 0.306 e. The van der Waals surface area contributed by atoms with Gasteiger partial charge in [0.1, 0.15) is 5.75 Å². The first-order valence-corrected chi connectivity index (χ1v) is 6.48. The standard InChI is InChI=1S/C14H18N2O4/c1-20-10-4-5-11(12(15)7-10)13(17)16-9-3-2-8(6-9)14(18)19/h4-5,7-9H,2-3,6,15H2,1H3,(H,16,17)(H,18,19). The molecule has 1 amide bonds. The number of amides is 1. The molecular weight excluding hydrogens is 260 g/mol. The Hall–Kier alpha value is -2.24. The van der Waals surface area contributed by atoms with Gasteiger partial charge in [0.25, 0.3) is 5.91 Å². The zero-order chi connectivity index (χ0) is 14.7. The number of nitrogen functional groups attached to an aromatic ring is 1. The molecule has 0 radical (unpaired) electrons. The van der Waals surface area contributed by atoms with E-state index in [0.717, 1.165) is 0 Å². The molecule has 6 nitrogen and oxygen atoms in total. The van der Waals surface area contributed by atoms with Crippen molar-refractivity contribution in [2.24, 2.45) is 5.92 Å². The molecule has 0 saturated heterocycles. The number of ether oxygens (including phenoxy) is 1. The number of anilines is 1. The van der Waals surface area contributed by atoms with Crippen molar-refractivity contribution < 1.29 is 19.4 Å². The number of carboxylic acid groups (broad SMARTS) is 1. The van der Waals surface area contributed by atoms with Gasteiger partial charge in [0.2, 0.25) is 0 Å². The Labute approximate surface area is 116 Å². The molecule has 4 N–H and O–H groups in total. The largest absolute Gasteiger partial charge is 0.497 e. The molecule has 0 aliphatic heterocycles. The lowest BCUT2D eigenvalue weighted by Crippen LogP contribution is -2.33. The third-order valence-corrected chi connectivity index (χ3v) is 3.62. The molecule has 6 heteroatoms. The Bertz CT molecular complexity index is 530. The molecule has 1 saturated carbocycles. The molecule has 0 spiro atoms. The third kappa shape index (κ3) is 3.01. The lowest BCUT2D eigenvalue weighted by Gasteiger charge is -2.14. The van der Waals surface area contributed by atoms with Gasteiger partial charge in [0.05, 0.1) is 18.6 Å². The van der Waals surface area contributed by atoms with E-state index in [1.54, 1.807) is 18.2 Å². The van der Waals surface area contributed by atoms with Gasteiger partial charge < -0.3 is 20.9 Å². The highest BCUT2D eigenvalue weighted by Crippen LogP contribution is 2.26. The van der Waals surface area contributed by atoms with Crippen LogP contribution in [0.5, 0.6) is 5.75 Å². The highest BCUT2D eigenvalue weighted by molar-refractivity contribution is 5.99. The number of hydrogen-bond acceptors (Lipinski definition) is 4. The van der Waals surface area contributed by atoms with E-state index in [4.69, 9.17) is 15.6 Å². The summed E-state index contributed by atoms with van der Waals surface area (Å²) in [6.07, 6.45) is 1.74. The van der Waals surface area contributed by atoms with E-state index < -0.39 is 5.97 Å². The first kappa shape index (κ1) is 14.2. The summed E-state index contributed by atoms with van der Waals surface area (Å²) >= 11 is 0. The highest BCUT2D eigenvalue weighted by atomic mass is 16.5. The number of hydrogen-bond donors (Lipinski definition) is 3. The molecule has 0 heterocycles. The lowest BCUT2D eigenvalue weighted by atomic mass is 10.1. The Balaban J connectivity index is 2.01. The van der Waals surface area contributed by atoms with Gasteiger partial charge in [-0.15, -0.1) is 0 Å². The predicted octanol–water partition coefficient (Wildman–Crippen LogP) is 1.26. The summed E-state index contributed by atoms with van der Waals surface area (Å²) in [5.74, 6) is -0.855. The second-order valence-electron chi connectivity index (χ2n) is 4.97. The van der Waals surface area contributed by atoms with Gasteiger partial charge in [-0.3, -0.25) is 9.59 Å². The van der Waals surface area contributed by atoms with Crippen molar-refractivity contribution in [3.8, 4) is 5.75 Å². The number of aliphatic carboxylic acids is 1. The van der Waals surface area contributed by atoms with Crippen molar-refractivity contribution in [2.45, 2.75) is 25.3 Å². The number of carboxylic acids is 1. The van der Waals surface area contributed by atoms with Crippen LogP contribution in [0.4, 0.5) is 5.69 Å². The number of nitrogens with two attached hydrogens (primary N) is 1. The fraction of sp³-hybridized carbons (Fsp3) is 0.429. The quantitative estimate of drug-likeness (QED) is 0.720. The van der Waals surface area contributed by atoms with E-state index in [1.807, 2.05) is 0 Å². The average molecular weight is 278 g/mol. The van der Waals surface area contributed by atoms with E-state index in [-0.39, 0.29) is 17.9 Å². The van der Waals surface area contributed by atoms with E-state index in [2.05, 4.69) is 5.32 Å². The normalized spacial score (nSPS) is 21.4. The summed E-state index contributed by atoms with van der Waals surface area (Å²) in [4.78, 5) is 23.0. The number of carbonyl (C=O) groups excluding carboxylic acids is 1. The van der Waals surface area contributed by atoms with E-state index in [9.17, 15) is 9.59 Å². The van der Waals surface area contributed by atoms with E-state index in [1.165, 1.54) is 7.11 Å². The fourth-order valence-electron chi connectivity index (χ4n) is 2.47. The molecule has 2 rings (SSSR count). The summed E-state index contributed by atoms with van der Waals surface area (Å²) in [7, 11) is 1.53. The van der Waals surface area contributed by atoms with Crippen LogP contribution in [-0.4, -0.2) is 30.1 Å². The van der Waals surface area contributed by atoms with Crippen molar-refractivity contribution >= 4 is 17.6 Å². The molecule has 20 heavy (non-hydrogen) atoms. The Kier molecular flexibility index (Phi) is 4.12. The minimum atomic E-state index is -0.800. The average Bonchev–Trinajstić information content (AvgIpc) is 2.87. The smallest absolute Gasteiger partial charge is 0.306 e. The van der Waals surface area contributed by atoms with Crippen LogP contribution in [0, 0.1) is 5.92 Å². The number of methoxy groups -OCH3 is 1. The molecule has 1 aliphatic carbocycles. The third-order valence-electron chi connectivity index (χ3n) is 3.62. The van der Waals surface area contributed by atoms with Gasteiger partial charge in [0.15, 0.2) is 0 Å². The van der Waals surface area contributed by atoms with Crippen molar-refractivity contribution in [1.29, 1.82) is 0 Å². The second kappa shape index (κ2) is 5.81. The van der Waals surface area contributed by atoms with Crippen molar-refractivity contribution in [3.63, 3.8) is 0 Å². The topological polar surface area (TPSA) is 102 Å². The van der Waals surface area contributed by atoms with Crippen molar-refractivity contribution in [2.75, 3.05) is 12.8 Å². The monoisotopic (exact) mass is 278 g/mol. The van der Waals surface area contributed by atoms with E-state index in [0.29, 0.717) is 36.3 Å². The van der Waals surface area contributed by atoms with Crippen LogP contribution < -0.4 is 15.8 Å². The summed E-state index contributed by atoms with van der Waals surface area (Å²) in [6.45, 7) is 0. The first-order chi connectivity index (χ1) is 9.51. The van der Waals surface area contributed by atoms with Crippen LogP contribution >= 0.6 is 0 Å². The first-order valence-electron chi connectivity index (χ1n) is 6.48. The maximum atomic E-state index is 12.1. The summed E-state index contributed by atoms with van der Waals surface area (Å²) < 4.78 is 5.03. The molecule has 1 fully saturated rings. The number of rotatable bonds is 4. The summed E-state index contributed by atoms with van der Waals surface area (Å²) in [5.41, 5.74) is 6.53.